The van der Waals surface area contributed by atoms with E-state index in [0.29, 0.717) is 7.92 Å². The molecule has 3 aliphatic carbocycles. The monoisotopic (exact) mass is 436 g/mol. The molecule has 0 aromatic carbocycles. The van der Waals surface area contributed by atoms with Crippen LogP contribution in [-0.2, 0) is 19.2 Å². The Balaban J connectivity index is 0.000000775. The fourth-order valence-electron chi connectivity index (χ4n) is 5.03. The molecule has 3 aliphatic rings. The molecule has 0 spiro atoms. The Kier molecular flexibility index (Phi) is 12.4. The second-order valence-corrected chi connectivity index (χ2v) is 10.4. The van der Waals surface area contributed by atoms with Gasteiger partial charge in [-0.15, -0.1) is 0 Å². The van der Waals surface area contributed by atoms with Crippen molar-refractivity contribution in [2.75, 3.05) is 0 Å². The van der Waals surface area contributed by atoms with Crippen molar-refractivity contribution < 1.29 is 31.6 Å². The molecule has 0 aromatic heterocycles. The number of hydrogen-bond donors (Lipinski definition) is 0. The van der Waals surface area contributed by atoms with Crippen LogP contribution in [0.4, 0.5) is 0 Å². The van der Waals surface area contributed by atoms with Crippen LogP contribution in [0.1, 0.15) is 96.3 Å². The van der Waals surface area contributed by atoms with E-state index in [1.54, 1.807) is 77.0 Å². The largest absolute Gasteiger partial charge is 1.00 e. The van der Waals surface area contributed by atoms with Crippen LogP contribution in [0.15, 0.2) is 0 Å². The van der Waals surface area contributed by atoms with Crippen LogP contribution in [0.2, 0.25) is 5.40 Å². The van der Waals surface area contributed by atoms with E-state index in [-0.39, 0.29) is 12.4 Å². The van der Waals surface area contributed by atoms with E-state index in [4.69, 9.17) is 0 Å². The summed E-state index contributed by atoms with van der Waals surface area (Å²) in [5.41, 5.74) is 3.57. The van der Waals surface area contributed by atoms with Gasteiger partial charge < -0.3 is 12.4 Å². The summed E-state index contributed by atoms with van der Waals surface area (Å²) in [6, 6.07) is 0. The van der Waals surface area contributed by atoms with E-state index in [1.807, 2.05) is 5.40 Å². The number of halogens is 1. The second-order valence-electron chi connectivity index (χ2n) is 7.32. The van der Waals surface area contributed by atoms with Gasteiger partial charge in [0.25, 0.3) is 0 Å². The van der Waals surface area contributed by atoms with Gasteiger partial charge in [0.1, 0.15) is 0 Å². The first-order valence-electron chi connectivity index (χ1n) is 9.54. The van der Waals surface area contributed by atoms with Gasteiger partial charge in [0.2, 0.25) is 0 Å². The quantitative estimate of drug-likeness (QED) is 0.462. The van der Waals surface area contributed by atoms with Crippen LogP contribution in [0.25, 0.3) is 0 Å². The summed E-state index contributed by atoms with van der Waals surface area (Å²) in [5.74, 6) is 0. The van der Waals surface area contributed by atoms with E-state index in [0.717, 1.165) is 0 Å². The number of rotatable bonds is 3. The smallest absolute Gasteiger partial charge is 1.00 e. The van der Waals surface area contributed by atoms with Gasteiger partial charge in [-0.05, 0) is 55.5 Å². The third kappa shape index (κ3) is 6.36. The zero-order valence-corrected chi connectivity index (χ0v) is 17.7. The molecule has 0 saturated heterocycles. The van der Waals surface area contributed by atoms with Gasteiger partial charge in [-0.1, -0.05) is 65.7 Å². The standard InChI is InChI=1S/C18H33P.CH3.ClH.Pd/c1-4-10-16(11-5-1)19(17-12-6-2-7-13-17)18-14-8-3-9-15-18;;;/h16-18H,1-15H2;1H3;1H;/q;;;+1/p-1. The molecule has 22 heavy (non-hydrogen) atoms. The van der Waals surface area contributed by atoms with E-state index in [1.165, 1.54) is 36.2 Å². The minimum absolute atomic E-state index is 0. The van der Waals surface area contributed by atoms with Crippen molar-refractivity contribution in [2.24, 2.45) is 0 Å². The molecule has 0 atom stereocenters. The summed E-state index contributed by atoms with van der Waals surface area (Å²) in [7, 11) is 0.385. The molecule has 0 unspecified atom stereocenters. The third-order valence-corrected chi connectivity index (χ3v) is 10.1. The zero-order valence-electron chi connectivity index (χ0n) is 14.5. The van der Waals surface area contributed by atoms with Crippen LogP contribution in [-0.4, -0.2) is 17.0 Å². The molecule has 0 nitrogen and oxygen atoms in total. The predicted octanol–water partition coefficient (Wildman–Crippen LogP) is 4.05. The van der Waals surface area contributed by atoms with Crippen molar-refractivity contribution in [3.63, 3.8) is 0 Å². The summed E-state index contributed by atoms with van der Waals surface area (Å²) in [5, 5.41) is 1.85. The first-order chi connectivity index (χ1) is 10.4. The second kappa shape index (κ2) is 12.7. The summed E-state index contributed by atoms with van der Waals surface area (Å²) in [6.45, 7) is 0. The minimum Gasteiger partial charge on any atom is -1.00 e. The Hall–Kier alpha value is 1.38. The van der Waals surface area contributed by atoms with Crippen molar-refractivity contribution in [3.05, 3.63) is 0 Å². The maximum Gasteiger partial charge on any atom is -1.00 e. The van der Waals surface area contributed by atoms with Crippen LogP contribution in [0.5, 0.6) is 0 Å². The molecular formula is C19H36ClPPd. The molecule has 3 rings (SSSR count). The Labute approximate surface area is 157 Å². The Morgan fingerprint density at radius 2 is 0.727 bits per heavy atom. The molecule has 0 aromatic rings. The fraction of sp³-hybridized carbons (Fsp3) is 1.00. The van der Waals surface area contributed by atoms with Gasteiger partial charge in [0.15, 0.2) is 0 Å². The molecule has 0 amide bonds. The topological polar surface area (TPSA) is 0 Å². The predicted molar refractivity (Wildman–Crippen MR) is 93.4 cm³/mol. The molecule has 0 N–H and O–H groups in total. The van der Waals surface area contributed by atoms with Gasteiger partial charge in [-0.25, -0.2) is 0 Å². The van der Waals surface area contributed by atoms with Crippen molar-refractivity contribution in [3.8, 4) is 0 Å². The van der Waals surface area contributed by atoms with Crippen LogP contribution in [0, 0.1) is 0 Å². The Bertz CT molecular complexity index is 213. The molecular weight excluding hydrogens is 401 g/mol. The summed E-state index contributed by atoms with van der Waals surface area (Å²) in [6.07, 6.45) is 23.6. The number of hydrogen-bond acceptors (Lipinski definition) is 0. The first kappa shape index (κ1) is 21.4. The van der Waals surface area contributed by atoms with Crippen molar-refractivity contribution in [1.29, 1.82) is 0 Å². The maximum atomic E-state index is 2.75. The average molecular weight is 437 g/mol. The minimum atomic E-state index is 0. The van der Waals surface area contributed by atoms with E-state index in [9.17, 15) is 0 Å². The fourth-order valence-corrected chi connectivity index (χ4v) is 9.71. The van der Waals surface area contributed by atoms with Crippen molar-refractivity contribution in [2.45, 2.75) is 119 Å². The van der Waals surface area contributed by atoms with Crippen molar-refractivity contribution in [1.82, 2.24) is 0 Å². The molecule has 3 saturated carbocycles. The Morgan fingerprint density at radius 3 is 0.955 bits per heavy atom. The van der Waals surface area contributed by atoms with E-state index in [2.05, 4.69) is 19.2 Å². The molecule has 3 fully saturated rings. The summed E-state index contributed by atoms with van der Waals surface area (Å²) < 4.78 is 0. The SMILES string of the molecule is C1CCC(P(C2CCCCC2)C2CCCCC2)CC1.[CH3][Pd+].[Cl-]. The van der Waals surface area contributed by atoms with Crippen LogP contribution in [0.3, 0.4) is 0 Å². The van der Waals surface area contributed by atoms with Gasteiger partial charge >= 0.3 is 24.6 Å². The van der Waals surface area contributed by atoms with Gasteiger partial charge in [-0.2, -0.15) is 0 Å². The van der Waals surface area contributed by atoms with E-state index >= 15 is 0 Å². The molecule has 0 aliphatic heterocycles. The molecule has 0 radical (unpaired) electrons. The average Bonchev–Trinajstić information content (AvgIpc) is 2.60. The van der Waals surface area contributed by atoms with Gasteiger partial charge in [-0.3, -0.25) is 0 Å². The van der Waals surface area contributed by atoms with Crippen LogP contribution >= 0.6 is 7.92 Å². The normalized spacial score (nSPS) is 25.3. The van der Waals surface area contributed by atoms with Gasteiger partial charge in [0, 0.05) is 0 Å². The Morgan fingerprint density at radius 1 is 0.500 bits per heavy atom. The molecule has 0 heterocycles. The first-order valence-corrected chi connectivity index (χ1v) is 12.6. The van der Waals surface area contributed by atoms with Gasteiger partial charge in [0.05, 0.1) is 0 Å². The summed E-state index contributed by atoms with van der Waals surface area (Å²) in [4.78, 5) is 0. The molecule has 0 bridgehead atoms. The van der Waals surface area contributed by atoms with Crippen molar-refractivity contribution >= 4 is 7.92 Å². The maximum absolute atomic E-state index is 2.75. The molecule has 134 valence electrons. The van der Waals surface area contributed by atoms with Crippen LogP contribution < -0.4 is 12.4 Å². The zero-order chi connectivity index (χ0) is 14.9. The third-order valence-electron chi connectivity index (χ3n) is 5.99. The van der Waals surface area contributed by atoms with E-state index < -0.39 is 0 Å². The summed E-state index contributed by atoms with van der Waals surface area (Å²) >= 11 is 2.75. The molecule has 3 heteroatoms.